The molecule has 7 heteroatoms. The summed E-state index contributed by atoms with van der Waals surface area (Å²) in [6.45, 7) is 2.70. The number of nitrogens with zero attached hydrogens (tertiary/aromatic N) is 2. The molecule has 0 unspecified atom stereocenters. The Kier molecular flexibility index (Phi) is 5.43. The van der Waals surface area contributed by atoms with Gasteiger partial charge in [0.2, 0.25) is 0 Å². The minimum absolute atomic E-state index is 0.424. The van der Waals surface area contributed by atoms with Crippen LogP contribution in [0.25, 0.3) is 0 Å². The van der Waals surface area contributed by atoms with Crippen molar-refractivity contribution in [3.63, 3.8) is 0 Å². The van der Waals surface area contributed by atoms with Gasteiger partial charge in [-0.15, -0.1) is 0 Å². The van der Waals surface area contributed by atoms with Crippen LogP contribution in [0.1, 0.15) is 11.1 Å². The van der Waals surface area contributed by atoms with Crippen LogP contribution in [0.5, 0.6) is 5.75 Å². The molecule has 0 radical (unpaired) electrons. The van der Waals surface area contributed by atoms with Crippen molar-refractivity contribution in [1.82, 2.24) is 9.78 Å². The van der Waals surface area contributed by atoms with E-state index < -0.39 is 6.03 Å². The van der Waals surface area contributed by atoms with Gasteiger partial charge in [0.25, 0.3) is 0 Å². The number of hydrogen-bond donors (Lipinski definition) is 2. The van der Waals surface area contributed by atoms with E-state index in [0.717, 1.165) is 0 Å². The maximum absolute atomic E-state index is 12.2. The number of rotatable bonds is 5. The number of methoxy groups -OCH3 is 1. The fourth-order valence-electron chi connectivity index (χ4n) is 2.53. The molecule has 0 aliphatic carbocycles. The highest BCUT2D eigenvalue weighted by Gasteiger charge is 2.10. The fourth-order valence-corrected chi connectivity index (χ4v) is 2.70. The van der Waals surface area contributed by atoms with E-state index >= 15 is 0 Å². The van der Waals surface area contributed by atoms with E-state index in [-0.39, 0.29) is 0 Å². The van der Waals surface area contributed by atoms with E-state index in [1.807, 2.05) is 18.3 Å². The Labute approximate surface area is 156 Å². The SMILES string of the molecule is COc1ccc(Cl)cc1NC(=O)Nc1ccn(Cc2ccccc2C)n1. The summed E-state index contributed by atoms with van der Waals surface area (Å²) in [5, 5.41) is 10.3. The predicted molar refractivity (Wildman–Crippen MR) is 103 cm³/mol. The summed E-state index contributed by atoms with van der Waals surface area (Å²) >= 11 is 5.97. The van der Waals surface area contributed by atoms with Crippen LogP contribution < -0.4 is 15.4 Å². The maximum atomic E-state index is 12.2. The van der Waals surface area contributed by atoms with E-state index in [1.54, 1.807) is 28.9 Å². The molecule has 1 aromatic heterocycles. The van der Waals surface area contributed by atoms with Crippen LogP contribution >= 0.6 is 11.6 Å². The third kappa shape index (κ3) is 4.34. The van der Waals surface area contributed by atoms with Crippen molar-refractivity contribution in [3.05, 3.63) is 70.9 Å². The van der Waals surface area contributed by atoms with Crippen molar-refractivity contribution in [1.29, 1.82) is 0 Å². The number of halogens is 1. The van der Waals surface area contributed by atoms with Crippen LogP contribution in [0.4, 0.5) is 16.3 Å². The van der Waals surface area contributed by atoms with Gasteiger partial charge in [-0.3, -0.25) is 10.00 Å². The van der Waals surface area contributed by atoms with Crippen molar-refractivity contribution in [2.75, 3.05) is 17.7 Å². The number of carbonyl (C=O) groups excluding carboxylic acids is 1. The molecule has 2 aromatic carbocycles. The zero-order chi connectivity index (χ0) is 18.5. The zero-order valence-electron chi connectivity index (χ0n) is 14.5. The van der Waals surface area contributed by atoms with Crippen LogP contribution in [0.3, 0.4) is 0 Å². The lowest BCUT2D eigenvalue weighted by Gasteiger charge is -2.10. The average Bonchev–Trinajstić information content (AvgIpc) is 3.04. The molecule has 2 amide bonds. The molecule has 0 saturated heterocycles. The summed E-state index contributed by atoms with van der Waals surface area (Å²) in [7, 11) is 1.53. The van der Waals surface area contributed by atoms with Gasteiger partial charge in [0, 0.05) is 17.3 Å². The van der Waals surface area contributed by atoms with E-state index in [4.69, 9.17) is 16.3 Å². The van der Waals surface area contributed by atoms with E-state index in [2.05, 4.69) is 34.8 Å². The Balaban J connectivity index is 1.65. The monoisotopic (exact) mass is 370 g/mol. The number of amides is 2. The molecule has 3 rings (SSSR count). The molecule has 0 aliphatic heterocycles. The molecule has 2 N–H and O–H groups in total. The van der Waals surface area contributed by atoms with Crippen molar-refractivity contribution in [3.8, 4) is 5.75 Å². The standard InChI is InChI=1S/C19H19ClN4O2/c1-13-5-3-4-6-14(13)12-24-10-9-18(23-24)22-19(25)21-16-11-15(20)7-8-17(16)26-2/h3-11H,12H2,1-2H3,(H2,21,22,23,25). The third-order valence-electron chi connectivity index (χ3n) is 3.89. The number of benzene rings is 2. The third-order valence-corrected chi connectivity index (χ3v) is 4.12. The summed E-state index contributed by atoms with van der Waals surface area (Å²) in [5.74, 6) is 0.978. The average molecular weight is 371 g/mol. The minimum atomic E-state index is -0.424. The Morgan fingerprint density at radius 2 is 2.00 bits per heavy atom. The maximum Gasteiger partial charge on any atom is 0.325 e. The molecule has 26 heavy (non-hydrogen) atoms. The molecule has 3 aromatic rings. The second kappa shape index (κ2) is 7.93. The molecular formula is C19H19ClN4O2. The number of anilines is 2. The van der Waals surface area contributed by atoms with Crippen LogP contribution in [0.15, 0.2) is 54.7 Å². The lowest BCUT2D eigenvalue weighted by Crippen LogP contribution is -2.20. The van der Waals surface area contributed by atoms with Crippen molar-refractivity contribution in [2.24, 2.45) is 0 Å². The molecular weight excluding hydrogens is 352 g/mol. The van der Waals surface area contributed by atoms with Crippen molar-refractivity contribution in [2.45, 2.75) is 13.5 Å². The second-order valence-electron chi connectivity index (χ2n) is 5.75. The molecule has 0 spiro atoms. The lowest BCUT2D eigenvalue weighted by atomic mass is 10.1. The first-order chi connectivity index (χ1) is 12.5. The Morgan fingerprint density at radius 1 is 1.19 bits per heavy atom. The summed E-state index contributed by atoms with van der Waals surface area (Å²) in [5.41, 5.74) is 2.86. The van der Waals surface area contributed by atoms with Crippen LogP contribution in [-0.4, -0.2) is 22.9 Å². The predicted octanol–water partition coefficient (Wildman–Crippen LogP) is 4.55. The quantitative estimate of drug-likeness (QED) is 0.692. The van der Waals surface area contributed by atoms with Crippen LogP contribution in [-0.2, 0) is 6.54 Å². The smallest absolute Gasteiger partial charge is 0.325 e. The molecule has 0 bridgehead atoms. The number of hydrogen-bond acceptors (Lipinski definition) is 3. The molecule has 6 nitrogen and oxygen atoms in total. The molecule has 1 heterocycles. The largest absolute Gasteiger partial charge is 0.495 e. The number of carbonyl (C=O) groups is 1. The van der Waals surface area contributed by atoms with Gasteiger partial charge in [-0.05, 0) is 36.2 Å². The number of aromatic nitrogens is 2. The normalized spacial score (nSPS) is 10.4. The highest BCUT2D eigenvalue weighted by Crippen LogP contribution is 2.27. The number of aryl methyl sites for hydroxylation is 1. The fraction of sp³-hybridized carbons (Fsp3) is 0.158. The Bertz CT molecular complexity index is 923. The topological polar surface area (TPSA) is 68.2 Å². The molecule has 134 valence electrons. The highest BCUT2D eigenvalue weighted by atomic mass is 35.5. The van der Waals surface area contributed by atoms with Crippen LogP contribution in [0.2, 0.25) is 5.02 Å². The first-order valence-electron chi connectivity index (χ1n) is 8.04. The Hall–Kier alpha value is -2.99. The Morgan fingerprint density at radius 3 is 2.77 bits per heavy atom. The van der Waals surface area contributed by atoms with Gasteiger partial charge >= 0.3 is 6.03 Å². The first-order valence-corrected chi connectivity index (χ1v) is 8.42. The summed E-state index contributed by atoms with van der Waals surface area (Å²) in [6.07, 6.45) is 1.82. The van der Waals surface area contributed by atoms with Gasteiger partial charge in [-0.25, -0.2) is 4.79 Å². The van der Waals surface area contributed by atoms with Gasteiger partial charge in [0.1, 0.15) is 5.75 Å². The van der Waals surface area contributed by atoms with E-state index in [0.29, 0.717) is 28.8 Å². The zero-order valence-corrected chi connectivity index (χ0v) is 15.2. The van der Waals surface area contributed by atoms with Gasteiger partial charge in [-0.1, -0.05) is 35.9 Å². The van der Waals surface area contributed by atoms with Gasteiger partial charge in [0.15, 0.2) is 5.82 Å². The van der Waals surface area contributed by atoms with Crippen LogP contribution in [0, 0.1) is 6.92 Å². The van der Waals surface area contributed by atoms with Gasteiger partial charge in [0.05, 0.1) is 19.3 Å². The minimum Gasteiger partial charge on any atom is -0.495 e. The van der Waals surface area contributed by atoms with Gasteiger partial charge in [-0.2, -0.15) is 5.10 Å². The van der Waals surface area contributed by atoms with Crippen molar-refractivity contribution >= 4 is 29.1 Å². The highest BCUT2D eigenvalue weighted by molar-refractivity contribution is 6.31. The number of nitrogens with one attached hydrogen (secondary N) is 2. The number of urea groups is 1. The van der Waals surface area contributed by atoms with E-state index in [1.165, 1.54) is 18.2 Å². The summed E-state index contributed by atoms with van der Waals surface area (Å²) in [4.78, 5) is 12.2. The van der Waals surface area contributed by atoms with Gasteiger partial charge < -0.3 is 10.1 Å². The molecule has 0 saturated carbocycles. The lowest BCUT2D eigenvalue weighted by molar-refractivity contribution is 0.262. The first kappa shape index (κ1) is 17.8. The summed E-state index contributed by atoms with van der Waals surface area (Å²) in [6, 6.07) is 14.4. The second-order valence-corrected chi connectivity index (χ2v) is 6.19. The summed E-state index contributed by atoms with van der Waals surface area (Å²) < 4.78 is 6.99. The number of ether oxygens (including phenoxy) is 1. The molecule has 0 aliphatic rings. The molecule has 0 fully saturated rings. The molecule has 0 atom stereocenters. The van der Waals surface area contributed by atoms with E-state index in [9.17, 15) is 4.79 Å². The van der Waals surface area contributed by atoms with Crippen molar-refractivity contribution < 1.29 is 9.53 Å².